The van der Waals surface area contributed by atoms with Gasteiger partial charge in [0.05, 0.1) is 26.9 Å². The van der Waals surface area contributed by atoms with Gasteiger partial charge < -0.3 is 23.8 Å². The Morgan fingerprint density at radius 3 is 2.45 bits per heavy atom. The van der Waals surface area contributed by atoms with Crippen LogP contribution >= 0.6 is 0 Å². The molecule has 2 heterocycles. The van der Waals surface area contributed by atoms with Gasteiger partial charge in [-0.15, -0.1) is 0 Å². The molecule has 0 saturated heterocycles. The zero-order valence-corrected chi connectivity index (χ0v) is 22.0. The lowest BCUT2D eigenvalue weighted by Crippen LogP contribution is -2.37. The summed E-state index contributed by atoms with van der Waals surface area (Å²) in [5.41, 5.74) is 5.76. The fourth-order valence-electron chi connectivity index (χ4n) is 5.85. The number of nitrogens with zero attached hydrogens (tertiary/aromatic N) is 2. The van der Waals surface area contributed by atoms with Gasteiger partial charge in [-0.25, -0.2) is 9.78 Å². The number of aromatic nitrogens is 1. The molecule has 0 amide bonds. The topological polar surface area (TPSA) is 70.1 Å². The molecule has 1 atom stereocenters. The van der Waals surface area contributed by atoms with E-state index in [1.54, 1.807) is 21.3 Å². The minimum Gasteiger partial charge on any atom is -0.496 e. The van der Waals surface area contributed by atoms with Crippen LogP contribution in [0, 0.1) is 0 Å². The molecule has 4 aromatic rings. The van der Waals surface area contributed by atoms with Gasteiger partial charge in [-0.1, -0.05) is 12.1 Å². The molecule has 1 aliphatic carbocycles. The number of methoxy groups -OCH3 is 3. The van der Waals surface area contributed by atoms with E-state index >= 15 is 0 Å². The molecule has 0 saturated carbocycles. The summed E-state index contributed by atoms with van der Waals surface area (Å²) < 4.78 is 22.1. The number of carbonyl (C=O) groups excluding carboxylic acids is 1. The van der Waals surface area contributed by atoms with Gasteiger partial charge in [0.2, 0.25) is 0 Å². The van der Waals surface area contributed by atoms with E-state index in [9.17, 15) is 4.79 Å². The van der Waals surface area contributed by atoms with Crippen molar-refractivity contribution in [2.24, 2.45) is 0 Å². The first-order chi connectivity index (χ1) is 18.5. The lowest BCUT2D eigenvalue weighted by molar-refractivity contribution is 0.0535. The molecule has 7 nitrogen and oxygen atoms in total. The van der Waals surface area contributed by atoms with Crippen LogP contribution in [-0.4, -0.2) is 45.4 Å². The Bertz CT molecular complexity index is 1550. The van der Waals surface area contributed by atoms with Crippen molar-refractivity contribution in [2.45, 2.75) is 31.9 Å². The Morgan fingerprint density at radius 2 is 1.71 bits per heavy atom. The van der Waals surface area contributed by atoms with Crippen LogP contribution in [0.3, 0.4) is 0 Å². The molecule has 6 rings (SSSR count). The molecule has 1 aliphatic heterocycles. The third-order valence-corrected chi connectivity index (χ3v) is 7.87. The summed E-state index contributed by atoms with van der Waals surface area (Å²) in [6, 6.07) is 16.5. The van der Waals surface area contributed by atoms with Crippen molar-refractivity contribution in [3.05, 3.63) is 77.0 Å². The second-order valence-corrected chi connectivity index (χ2v) is 9.80. The van der Waals surface area contributed by atoms with E-state index in [2.05, 4.69) is 24.1 Å². The molecule has 0 spiro atoms. The molecule has 2 aliphatic rings. The van der Waals surface area contributed by atoms with Crippen molar-refractivity contribution < 1.29 is 23.7 Å². The van der Waals surface area contributed by atoms with Gasteiger partial charge in [0.1, 0.15) is 18.2 Å². The molecule has 7 heteroatoms. The van der Waals surface area contributed by atoms with Crippen LogP contribution in [0.2, 0.25) is 0 Å². The quantitative estimate of drug-likeness (QED) is 0.313. The Hall–Kier alpha value is -4.26. The smallest absolute Gasteiger partial charge is 0.339 e. The van der Waals surface area contributed by atoms with Gasteiger partial charge in [-0.2, -0.15) is 0 Å². The molecular formula is C31H30N2O5. The molecule has 194 valence electrons. The summed E-state index contributed by atoms with van der Waals surface area (Å²) >= 11 is 0. The number of hydrogen-bond donors (Lipinski definition) is 0. The standard InChI is InChI=1S/C31H30N2O5/c1-33(22-9-10-23-18(13-22)6-5-7-25(23)35-2)28-11-8-19(16-32-28)29-24-15-27(37-4)26(36-3)14-20(24)12-21-17-38-31(34)30(21)29/h5-8,11-12,14-16,22H,9-10,13,17H2,1-4H3/t22-/m0/s1. The Kier molecular flexibility index (Phi) is 6.06. The summed E-state index contributed by atoms with van der Waals surface area (Å²) in [7, 11) is 7.06. The maximum absolute atomic E-state index is 12.8. The summed E-state index contributed by atoms with van der Waals surface area (Å²) in [5, 5.41) is 1.84. The lowest BCUT2D eigenvalue weighted by Gasteiger charge is -2.33. The van der Waals surface area contributed by atoms with Crippen LogP contribution in [0.15, 0.2) is 54.7 Å². The van der Waals surface area contributed by atoms with E-state index in [4.69, 9.17) is 23.9 Å². The SMILES string of the molecule is COc1cc2cc3c(c(-c4ccc(N(C)[C@H]5CCc6c(cccc6OC)C5)nc4)c2cc1OC)C(=O)OC3. The number of rotatable bonds is 6. The predicted molar refractivity (Wildman–Crippen MR) is 147 cm³/mol. The number of pyridine rings is 1. The monoisotopic (exact) mass is 510 g/mol. The number of hydrogen-bond acceptors (Lipinski definition) is 7. The summed E-state index contributed by atoms with van der Waals surface area (Å²) in [6.45, 7) is 0.258. The molecule has 38 heavy (non-hydrogen) atoms. The van der Waals surface area contributed by atoms with Crippen molar-refractivity contribution >= 4 is 22.6 Å². The zero-order chi connectivity index (χ0) is 26.4. The highest BCUT2D eigenvalue weighted by atomic mass is 16.5. The van der Waals surface area contributed by atoms with Gasteiger partial charge in [0, 0.05) is 36.0 Å². The number of fused-ring (bicyclic) bond motifs is 3. The van der Waals surface area contributed by atoms with Gasteiger partial charge in [-0.05, 0) is 77.6 Å². The largest absolute Gasteiger partial charge is 0.496 e. The maximum atomic E-state index is 12.8. The van der Waals surface area contributed by atoms with Gasteiger partial charge in [-0.3, -0.25) is 0 Å². The molecule has 1 aromatic heterocycles. The highest BCUT2D eigenvalue weighted by Crippen LogP contribution is 2.42. The van der Waals surface area contributed by atoms with Gasteiger partial charge in [0.15, 0.2) is 11.5 Å². The normalized spacial score (nSPS) is 16.0. The predicted octanol–water partition coefficient (Wildman–Crippen LogP) is 5.59. The third kappa shape index (κ3) is 3.90. The summed E-state index contributed by atoms with van der Waals surface area (Å²) in [6.07, 6.45) is 4.79. The van der Waals surface area contributed by atoms with Gasteiger partial charge >= 0.3 is 5.97 Å². The second-order valence-electron chi connectivity index (χ2n) is 9.80. The van der Waals surface area contributed by atoms with Crippen LogP contribution in [-0.2, 0) is 24.2 Å². The molecule has 0 fully saturated rings. The minimum absolute atomic E-state index is 0.258. The average Bonchev–Trinajstić information content (AvgIpc) is 3.33. The number of esters is 1. The number of cyclic esters (lactones) is 1. The van der Waals surface area contributed by atoms with E-state index in [1.165, 1.54) is 11.1 Å². The van der Waals surface area contributed by atoms with Crippen LogP contribution in [0.1, 0.15) is 33.5 Å². The minimum atomic E-state index is -0.316. The van der Waals surface area contributed by atoms with E-state index in [0.29, 0.717) is 23.1 Å². The number of benzene rings is 3. The van der Waals surface area contributed by atoms with E-state index in [1.807, 2.05) is 42.6 Å². The molecular weight excluding hydrogens is 480 g/mol. The first-order valence-electron chi connectivity index (χ1n) is 12.7. The van der Waals surface area contributed by atoms with Crippen LogP contribution in [0.25, 0.3) is 21.9 Å². The van der Waals surface area contributed by atoms with Crippen molar-refractivity contribution in [3.63, 3.8) is 0 Å². The van der Waals surface area contributed by atoms with Crippen LogP contribution in [0.5, 0.6) is 17.2 Å². The van der Waals surface area contributed by atoms with Crippen molar-refractivity contribution in [1.82, 2.24) is 4.98 Å². The van der Waals surface area contributed by atoms with E-state index < -0.39 is 0 Å². The summed E-state index contributed by atoms with van der Waals surface area (Å²) in [4.78, 5) is 19.9. The summed E-state index contributed by atoms with van der Waals surface area (Å²) in [5.74, 6) is 2.79. The number of carbonyl (C=O) groups is 1. The first-order valence-corrected chi connectivity index (χ1v) is 12.7. The third-order valence-electron chi connectivity index (χ3n) is 7.87. The lowest BCUT2D eigenvalue weighted by atomic mass is 9.87. The van der Waals surface area contributed by atoms with Crippen molar-refractivity contribution in [3.8, 4) is 28.4 Å². The van der Waals surface area contributed by atoms with Gasteiger partial charge in [0.25, 0.3) is 0 Å². The van der Waals surface area contributed by atoms with Crippen molar-refractivity contribution in [1.29, 1.82) is 0 Å². The molecule has 0 radical (unpaired) electrons. The fraction of sp³-hybridized carbons (Fsp3) is 0.290. The molecule has 3 aromatic carbocycles. The van der Waals surface area contributed by atoms with E-state index in [0.717, 1.165) is 58.3 Å². The number of likely N-dealkylation sites (N-methyl/N-ethyl adjacent to an activating group) is 1. The van der Waals surface area contributed by atoms with Crippen molar-refractivity contribution in [2.75, 3.05) is 33.3 Å². The molecule has 0 bridgehead atoms. The fourth-order valence-corrected chi connectivity index (χ4v) is 5.85. The Balaban J connectivity index is 1.37. The van der Waals surface area contributed by atoms with Crippen LogP contribution < -0.4 is 19.1 Å². The Labute approximate surface area is 221 Å². The first kappa shape index (κ1) is 24.1. The highest BCUT2D eigenvalue weighted by molar-refractivity contribution is 6.11. The van der Waals surface area contributed by atoms with Crippen LogP contribution in [0.4, 0.5) is 5.82 Å². The second kappa shape index (κ2) is 9.56. The number of anilines is 1. The van der Waals surface area contributed by atoms with E-state index in [-0.39, 0.29) is 12.6 Å². The average molecular weight is 511 g/mol. The highest BCUT2D eigenvalue weighted by Gasteiger charge is 2.29. The molecule has 0 unspecified atom stereocenters. The molecule has 0 N–H and O–H groups in total. The zero-order valence-electron chi connectivity index (χ0n) is 22.0. The maximum Gasteiger partial charge on any atom is 0.339 e. The Morgan fingerprint density at radius 1 is 0.921 bits per heavy atom. The number of ether oxygens (including phenoxy) is 4.